The predicted octanol–water partition coefficient (Wildman–Crippen LogP) is 3.81. The van der Waals surface area contributed by atoms with Crippen LogP contribution < -0.4 is 0 Å². The number of rotatable bonds is 8. The highest BCUT2D eigenvalue weighted by Gasteiger charge is 2.00. The fourth-order valence-corrected chi connectivity index (χ4v) is 1.90. The van der Waals surface area contributed by atoms with Gasteiger partial charge in [0.1, 0.15) is 0 Å². The van der Waals surface area contributed by atoms with Gasteiger partial charge >= 0.3 is 0 Å². The molecule has 0 amide bonds. The van der Waals surface area contributed by atoms with Crippen LogP contribution in [0.1, 0.15) is 58.1 Å². The maximum Gasteiger partial charge on any atom is 0.0492 e. The molecule has 2 nitrogen and oxygen atoms in total. The third-order valence-corrected chi connectivity index (χ3v) is 2.78. The van der Waals surface area contributed by atoms with Gasteiger partial charge in [0.25, 0.3) is 0 Å². The zero-order valence-corrected chi connectivity index (χ0v) is 10.2. The molecule has 0 saturated heterocycles. The summed E-state index contributed by atoms with van der Waals surface area (Å²) in [6, 6.07) is 2.15. The minimum atomic E-state index is 1.10. The highest BCUT2D eigenvalue weighted by atomic mass is 15.3. The van der Waals surface area contributed by atoms with Crippen LogP contribution in [-0.2, 0) is 13.0 Å². The Kier molecular flexibility index (Phi) is 6.14. The van der Waals surface area contributed by atoms with E-state index in [-0.39, 0.29) is 0 Å². The molecule has 0 spiro atoms. The molecule has 15 heavy (non-hydrogen) atoms. The van der Waals surface area contributed by atoms with Crippen LogP contribution in [0.2, 0.25) is 0 Å². The van der Waals surface area contributed by atoms with E-state index < -0.39 is 0 Å². The lowest BCUT2D eigenvalue weighted by Gasteiger charge is -2.06. The van der Waals surface area contributed by atoms with Crippen molar-refractivity contribution >= 4 is 0 Å². The number of nitrogens with zero attached hydrogens (tertiary/aromatic N) is 2. The Labute approximate surface area is 93.7 Å². The molecule has 1 rings (SSSR count). The van der Waals surface area contributed by atoms with Crippen LogP contribution in [0.4, 0.5) is 0 Å². The SMILES string of the molecule is CCCCCCCn1nccc1CCC. The predicted molar refractivity (Wildman–Crippen MR) is 65.0 cm³/mol. The van der Waals surface area contributed by atoms with Gasteiger partial charge in [0, 0.05) is 18.4 Å². The van der Waals surface area contributed by atoms with Crippen LogP contribution >= 0.6 is 0 Å². The van der Waals surface area contributed by atoms with E-state index in [1.54, 1.807) is 0 Å². The van der Waals surface area contributed by atoms with E-state index in [9.17, 15) is 0 Å². The first-order valence-electron chi connectivity index (χ1n) is 6.39. The number of unbranched alkanes of at least 4 members (excludes halogenated alkanes) is 4. The molecule has 86 valence electrons. The molecule has 0 radical (unpaired) electrons. The van der Waals surface area contributed by atoms with Crippen LogP contribution in [0, 0.1) is 0 Å². The Morgan fingerprint density at radius 1 is 1.07 bits per heavy atom. The number of hydrogen-bond donors (Lipinski definition) is 0. The van der Waals surface area contributed by atoms with Crippen molar-refractivity contribution in [1.82, 2.24) is 9.78 Å². The average Bonchev–Trinajstić information content (AvgIpc) is 2.66. The third-order valence-electron chi connectivity index (χ3n) is 2.78. The summed E-state index contributed by atoms with van der Waals surface area (Å²) in [6.45, 7) is 5.58. The van der Waals surface area contributed by atoms with Crippen molar-refractivity contribution in [3.8, 4) is 0 Å². The first-order valence-corrected chi connectivity index (χ1v) is 6.39. The van der Waals surface area contributed by atoms with Gasteiger partial charge in [-0.25, -0.2) is 0 Å². The normalized spacial score (nSPS) is 10.8. The summed E-state index contributed by atoms with van der Waals surface area (Å²) in [5.41, 5.74) is 1.40. The topological polar surface area (TPSA) is 17.8 Å². The molecule has 0 unspecified atom stereocenters. The molecule has 0 N–H and O–H groups in total. The molecule has 0 aliphatic rings. The molecule has 1 aromatic rings. The summed E-state index contributed by atoms with van der Waals surface area (Å²) in [5.74, 6) is 0. The minimum absolute atomic E-state index is 1.10. The van der Waals surface area contributed by atoms with Gasteiger partial charge in [-0.15, -0.1) is 0 Å². The van der Waals surface area contributed by atoms with Crippen LogP contribution in [0.5, 0.6) is 0 Å². The summed E-state index contributed by atoms with van der Waals surface area (Å²) >= 11 is 0. The highest BCUT2D eigenvalue weighted by molar-refractivity contribution is 5.00. The van der Waals surface area contributed by atoms with Gasteiger partial charge in [-0.2, -0.15) is 5.10 Å². The van der Waals surface area contributed by atoms with E-state index in [4.69, 9.17) is 0 Å². The van der Waals surface area contributed by atoms with Crippen LogP contribution in [0.25, 0.3) is 0 Å². The van der Waals surface area contributed by atoms with Gasteiger partial charge in [-0.05, 0) is 18.9 Å². The van der Waals surface area contributed by atoms with Gasteiger partial charge in [0.2, 0.25) is 0 Å². The number of hydrogen-bond acceptors (Lipinski definition) is 1. The highest BCUT2D eigenvalue weighted by Crippen LogP contribution is 2.07. The third kappa shape index (κ3) is 4.50. The van der Waals surface area contributed by atoms with Gasteiger partial charge in [0.15, 0.2) is 0 Å². The second-order valence-electron chi connectivity index (χ2n) is 4.21. The molecule has 1 heterocycles. The fraction of sp³-hybridized carbons (Fsp3) is 0.769. The molecule has 0 aliphatic carbocycles. The van der Waals surface area contributed by atoms with Crippen molar-refractivity contribution in [3.63, 3.8) is 0 Å². The van der Waals surface area contributed by atoms with Crippen LogP contribution in [0.15, 0.2) is 12.3 Å². The zero-order chi connectivity index (χ0) is 10.9. The summed E-state index contributed by atoms with van der Waals surface area (Å²) in [7, 11) is 0. The Hall–Kier alpha value is -0.790. The van der Waals surface area contributed by atoms with Crippen LogP contribution in [0.3, 0.4) is 0 Å². The molecule has 2 heteroatoms. The lowest BCUT2D eigenvalue weighted by atomic mass is 10.1. The first kappa shape index (κ1) is 12.3. The van der Waals surface area contributed by atoms with Crippen molar-refractivity contribution in [2.45, 2.75) is 65.3 Å². The maximum absolute atomic E-state index is 4.37. The smallest absolute Gasteiger partial charge is 0.0492 e. The summed E-state index contributed by atoms with van der Waals surface area (Å²) in [5, 5.41) is 4.37. The minimum Gasteiger partial charge on any atom is -0.270 e. The first-order chi connectivity index (χ1) is 7.38. The largest absolute Gasteiger partial charge is 0.270 e. The second kappa shape index (κ2) is 7.49. The average molecular weight is 208 g/mol. The lowest BCUT2D eigenvalue weighted by Crippen LogP contribution is -2.04. The maximum atomic E-state index is 4.37. The van der Waals surface area contributed by atoms with Gasteiger partial charge in [0.05, 0.1) is 0 Å². The standard InChI is InChI=1S/C13H24N2/c1-3-5-6-7-8-12-15-13(9-4-2)10-11-14-15/h10-11H,3-9,12H2,1-2H3. The van der Waals surface area contributed by atoms with E-state index in [1.807, 2.05) is 6.20 Å². The number of aromatic nitrogens is 2. The second-order valence-corrected chi connectivity index (χ2v) is 4.21. The molecule has 0 aliphatic heterocycles. The fourth-order valence-electron chi connectivity index (χ4n) is 1.90. The Morgan fingerprint density at radius 2 is 1.87 bits per heavy atom. The van der Waals surface area contributed by atoms with E-state index in [1.165, 1.54) is 44.2 Å². The van der Waals surface area contributed by atoms with Crippen molar-refractivity contribution < 1.29 is 0 Å². The van der Waals surface area contributed by atoms with E-state index in [2.05, 4.69) is 29.7 Å². The molecule has 0 aromatic carbocycles. The molecular weight excluding hydrogens is 184 g/mol. The van der Waals surface area contributed by atoms with Crippen molar-refractivity contribution in [1.29, 1.82) is 0 Å². The van der Waals surface area contributed by atoms with Crippen molar-refractivity contribution in [3.05, 3.63) is 18.0 Å². The van der Waals surface area contributed by atoms with Gasteiger partial charge in [-0.3, -0.25) is 4.68 Å². The quantitative estimate of drug-likeness (QED) is 0.594. The molecule has 0 bridgehead atoms. The van der Waals surface area contributed by atoms with E-state index in [0.717, 1.165) is 13.0 Å². The van der Waals surface area contributed by atoms with Crippen LogP contribution in [-0.4, -0.2) is 9.78 Å². The zero-order valence-electron chi connectivity index (χ0n) is 10.2. The van der Waals surface area contributed by atoms with Gasteiger partial charge < -0.3 is 0 Å². The molecule has 1 aromatic heterocycles. The molecule has 0 atom stereocenters. The van der Waals surface area contributed by atoms with Gasteiger partial charge in [-0.1, -0.05) is 46.0 Å². The molecule has 0 saturated carbocycles. The van der Waals surface area contributed by atoms with Crippen molar-refractivity contribution in [2.24, 2.45) is 0 Å². The summed E-state index contributed by atoms with van der Waals surface area (Å²) in [4.78, 5) is 0. The Morgan fingerprint density at radius 3 is 2.60 bits per heavy atom. The Bertz CT molecular complexity index is 253. The van der Waals surface area contributed by atoms with Crippen molar-refractivity contribution in [2.75, 3.05) is 0 Å². The Balaban J connectivity index is 2.21. The summed E-state index contributed by atoms with van der Waals surface area (Å²) < 4.78 is 2.18. The number of aryl methyl sites for hydroxylation is 2. The van der Waals surface area contributed by atoms with E-state index >= 15 is 0 Å². The monoisotopic (exact) mass is 208 g/mol. The van der Waals surface area contributed by atoms with E-state index in [0.29, 0.717) is 0 Å². The lowest BCUT2D eigenvalue weighted by molar-refractivity contribution is 0.516. The summed E-state index contributed by atoms with van der Waals surface area (Å²) in [6.07, 6.45) is 11.0. The molecule has 0 fully saturated rings. The molecular formula is C13H24N2.